The second-order valence-electron chi connectivity index (χ2n) is 7.15. The highest BCUT2D eigenvalue weighted by Gasteiger charge is 2.26. The van der Waals surface area contributed by atoms with Gasteiger partial charge in [-0.15, -0.1) is 0 Å². The molecule has 1 unspecified atom stereocenters. The molecular formula is C23H25N3O3. The van der Waals surface area contributed by atoms with Crippen molar-refractivity contribution >= 4 is 11.9 Å². The molecule has 0 aliphatic rings. The summed E-state index contributed by atoms with van der Waals surface area (Å²) in [6.45, 7) is 7.09. The minimum Gasteiger partial charge on any atom is -0.459 e. The summed E-state index contributed by atoms with van der Waals surface area (Å²) >= 11 is 0. The number of nitrogens with zero attached hydrogens (tertiary/aromatic N) is 1. The number of hydrogen-bond acceptors (Lipinski definition) is 4. The number of aromatic amines is 1. The van der Waals surface area contributed by atoms with E-state index in [9.17, 15) is 9.59 Å². The van der Waals surface area contributed by atoms with E-state index in [1.54, 1.807) is 33.9 Å². The van der Waals surface area contributed by atoms with Gasteiger partial charge in [-0.3, -0.25) is 9.78 Å². The van der Waals surface area contributed by atoms with E-state index in [1.807, 2.05) is 48.5 Å². The molecule has 0 aliphatic heterocycles. The second kappa shape index (κ2) is 8.73. The SMILES string of the molecule is Cc1[nH]c(C(=O)NC(c2ccccc2)c2ccccn2)c(C)c1C(=O)OC(C)C. The smallest absolute Gasteiger partial charge is 0.340 e. The van der Waals surface area contributed by atoms with Crippen molar-refractivity contribution in [1.82, 2.24) is 15.3 Å². The van der Waals surface area contributed by atoms with Crippen molar-refractivity contribution in [2.24, 2.45) is 0 Å². The lowest BCUT2D eigenvalue weighted by Gasteiger charge is -2.19. The first-order valence-corrected chi connectivity index (χ1v) is 9.55. The molecule has 2 aromatic heterocycles. The Morgan fingerprint density at radius 2 is 1.72 bits per heavy atom. The van der Waals surface area contributed by atoms with E-state index < -0.39 is 12.0 Å². The van der Waals surface area contributed by atoms with Gasteiger partial charge in [-0.2, -0.15) is 0 Å². The van der Waals surface area contributed by atoms with E-state index in [4.69, 9.17) is 4.74 Å². The van der Waals surface area contributed by atoms with E-state index in [-0.39, 0.29) is 12.0 Å². The number of aromatic nitrogens is 2. The number of pyridine rings is 1. The van der Waals surface area contributed by atoms with Gasteiger partial charge in [0.2, 0.25) is 0 Å². The van der Waals surface area contributed by atoms with Crippen LogP contribution in [0.4, 0.5) is 0 Å². The number of nitrogens with one attached hydrogen (secondary N) is 2. The van der Waals surface area contributed by atoms with Gasteiger partial charge >= 0.3 is 5.97 Å². The predicted octanol–water partition coefficient (Wildman–Crippen LogP) is 4.11. The van der Waals surface area contributed by atoms with Gasteiger partial charge in [0.1, 0.15) is 5.69 Å². The standard InChI is InChI=1S/C23H25N3O3/c1-14(2)29-23(28)19-15(3)20(25-16(19)4)22(27)26-21(17-10-6-5-7-11-17)18-12-8-9-13-24-18/h5-14,21,25H,1-4H3,(H,26,27). The lowest BCUT2D eigenvalue weighted by Crippen LogP contribution is -2.30. The van der Waals surface area contributed by atoms with Gasteiger partial charge in [0, 0.05) is 11.9 Å². The van der Waals surface area contributed by atoms with E-state index in [0.29, 0.717) is 22.5 Å². The Hall–Kier alpha value is -3.41. The summed E-state index contributed by atoms with van der Waals surface area (Å²) < 4.78 is 5.31. The molecule has 3 rings (SSSR count). The molecule has 1 aromatic carbocycles. The molecule has 0 saturated heterocycles. The van der Waals surface area contributed by atoms with Crippen LogP contribution in [0.3, 0.4) is 0 Å². The fourth-order valence-electron chi connectivity index (χ4n) is 3.28. The monoisotopic (exact) mass is 391 g/mol. The van der Waals surface area contributed by atoms with Crippen LogP contribution in [0.5, 0.6) is 0 Å². The average molecular weight is 391 g/mol. The zero-order valence-electron chi connectivity index (χ0n) is 17.0. The first-order valence-electron chi connectivity index (χ1n) is 9.55. The minimum atomic E-state index is -0.436. The van der Waals surface area contributed by atoms with E-state index in [1.165, 1.54) is 0 Å². The maximum atomic E-state index is 13.1. The molecule has 3 aromatic rings. The molecule has 0 fully saturated rings. The van der Waals surface area contributed by atoms with Crippen molar-refractivity contribution in [2.45, 2.75) is 39.8 Å². The fraction of sp³-hybridized carbons (Fsp3) is 0.261. The molecule has 0 bridgehead atoms. The summed E-state index contributed by atoms with van der Waals surface area (Å²) in [5.74, 6) is -0.747. The van der Waals surface area contributed by atoms with Crippen LogP contribution in [0.1, 0.15) is 63.3 Å². The zero-order valence-corrected chi connectivity index (χ0v) is 17.0. The van der Waals surface area contributed by atoms with Gasteiger partial charge in [0.25, 0.3) is 5.91 Å². The Labute approximate surface area is 170 Å². The largest absolute Gasteiger partial charge is 0.459 e. The first kappa shape index (κ1) is 20.3. The highest BCUT2D eigenvalue weighted by atomic mass is 16.5. The Balaban J connectivity index is 1.92. The van der Waals surface area contributed by atoms with E-state index >= 15 is 0 Å². The van der Waals surface area contributed by atoms with Gasteiger partial charge in [0.15, 0.2) is 0 Å². The number of hydrogen-bond donors (Lipinski definition) is 2. The van der Waals surface area contributed by atoms with Crippen LogP contribution in [0.15, 0.2) is 54.7 Å². The Bertz CT molecular complexity index is 955. The van der Waals surface area contributed by atoms with E-state index in [0.717, 1.165) is 11.3 Å². The van der Waals surface area contributed by atoms with Crippen molar-refractivity contribution in [3.8, 4) is 0 Å². The topological polar surface area (TPSA) is 84.1 Å². The third-order valence-electron chi connectivity index (χ3n) is 4.60. The highest BCUT2D eigenvalue weighted by molar-refractivity contribution is 6.00. The number of rotatable bonds is 6. The molecule has 0 aliphatic carbocycles. The number of carbonyl (C=O) groups excluding carboxylic acids is 2. The van der Waals surface area contributed by atoms with Crippen LogP contribution in [-0.2, 0) is 4.74 Å². The molecule has 1 amide bonds. The minimum absolute atomic E-state index is 0.236. The molecule has 1 atom stereocenters. The number of H-pyrrole nitrogens is 1. The molecule has 2 N–H and O–H groups in total. The van der Waals surface area contributed by atoms with E-state index in [2.05, 4.69) is 15.3 Å². The summed E-state index contributed by atoms with van der Waals surface area (Å²) in [5, 5.41) is 3.04. The highest BCUT2D eigenvalue weighted by Crippen LogP contribution is 2.23. The van der Waals surface area contributed by atoms with Crippen molar-refractivity contribution in [3.05, 3.63) is 88.5 Å². The quantitative estimate of drug-likeness (QED) is 0.619. The lowest BCUT2D eigenvalue weighted by molar-refractivity contribution is 0.0376. The van der Waals surface area contributed by atoms with Gasteiger partial charge < -0.3 is 15.0 Å². The molecule has 6 heteroatoms. The first-order chi connectivity index (χ1) is 13.9. The summed E-state index contributed by atoms with van der Waals surface area (Å²) in [5.41, 5.74) is 3.56. The van der Waals surface area contributed by atoms with Crippen LogP contribution in [0, 0.1) is 13.8 Å². The fourth-order valence-corrected chi connectivity index (χ4v) is 3.28. The van der Waals surface area contributed by atoms with Crippen molar-refractivity contribution in [3.63, 3.8) is 0 Å². The Morgan fingerprint density at radius 1 is 1.03 bits per heavy atom. The number of amides is 1. The van der Waals surface area contributed by atoms with Crippen LogP contribution < -0.4 is 5.32 Å². The molecule has 6 nitrogen and oxygen atoms in total. The zero-order chi connectivity index (χ0) is 21.0. The maximum absolute atomic E-state index is 13.1. The predicted molar refractivity (Wildman–Crippen MR) is 111 cm³/mol. The summed E-state index contributed by atoms with van der Waals surface area (Å²) in [6, 6.07) is 14.8. The van der Waals surface area contributed by atoms with Crippen LogP contribution in [0.25, 0.3) is 0 Å². The average Bonchev–Trinajstić information content (AvgIpc) is 3.01. The third-order valence-corrected chi connectivity index (χ3v) is 4.60. The number of aryl methyl sites for hydroxylation is 1. The molecule has 0 radical (unpaired) electrons. The second-order valence-corrected chi connectivity index (χ2v) is 7.15. The summed E-state index contributed by atoms with van der Waals surface area (Å²) in [6.07, 6.45) is 1.46. The number of esters is 1. The van der Waals surface area contributed by atoms with Gasteiger partial charge in [-0.1, -0.05) is 36.4 Å². The molecule has 0 spiro atoms. The molecular weight excluding hydrogens is 366 g/mol. The third kappa shape index (κ3) is 4.54. The molecule has 2 heterocycles. The Kier molecular flexibility index (Phi) is 6.12. The van der Waals surface area contributed by atoms with Gasteiger partial charge in [-0.05, 0) is 51.0 Å². The normalized spacial score (nSPS) is 11.9. The maximum Gasteiger partial charge on any atom is 0.340 e. The molecule has 29 heavy (non-hydrogen) atoms. The van der Waals surface area contributed by atoms with Gasteiger partial charge in [0.05, 0.1) is 23.4 Å². The van der Waals surface area contributed by atoms with Crippen molar-refractivity contribution < 1.29 is 14.3 Å². The van der Waals surface area contributed by atoms with Crippen molar-refractivity contribution in [1.29, 1.82) is 0 Å². The Morgan fingerprint density at radius 3 is 2.34 bits per heavy atom. The van der Waals surface area contributed by atoms with Crippen LogP contribution in [-0.4, -0.2) is 27.9 Å². The summed E-state index contributed by atoms with van der Waals surface area (Å²) in [7, 11) is 0. The number of ether oxygens (including phenoxy) is 1. The number of benzene rings is 1. The molecule has 150 valence electrons. The lowest BCUT2D eigenvalue weighted by atomic mass is 10.0. The van der Waals surface area contributed by atoms with Crippen LogP contribution >= 0.6 is 0 Å². The van der Waals surface area contributed by atoms with Crippen LogP contribution in [0.2, 0.25) is 0 Å². The summed E-state index contributed by atoms with van der Waals surface area (Å²) in [4.78, 5) is 33.0. The van der Waals surface area contributed by atoms with Gasteiger partial charge in [-0.25, -0.2) is 4.79 Å². The molecule has 0 saturated carbocycles. The van der Waals surface area contributed by atoms with Crippen molar-refractivity contribution in [2.75, 3.05) is 0 Å². The number of carbonyl (C=O) groups is 2.